The van der Waals surface area contributed by atoms with Crippen LogP contribution in [0.5, 0.6) is 5.75 Å². The minimum absolute atomic E-state index is 0.00101. The summed E-state index contributed by atoms with van der Waals surface area (Å²) < 4.78 is 75.7. The van der Waals surface area contributed by atoms with Crippen LogP contribution in [0, 0.1) is 11.6 Å². The average molecular weight is 699 g/mol. The lowest BCUT2D eigenvalue weighted by molar-refractivity contribution is 0.0598. The average Bonchev–Trinajstić information content (AvgIpc) is 3.79. The summed E-state index contributed by atoms with van der Waals surface area (Å²) in [6.07, 6.45) is 1.71. The molecule has 5 rings (SSSR count). The number of furan rings is 1. The number of ether oxygens (including phenoxy) is 1. The molecule has 1 amide bonds. The van der Waals surface area contributed by atoms with Gasteiger partial charge in [-0.25, -0.2) is 26.7 Å². The number of carbonyl (C=O) groups is 2. The standard InChI is InChI=1S/C35H40F2N2O7SSi/c1-35(2,3)48(6,7)46-30-17-28(37)22(14-27(30)34(41)44-5)18-39-47(42,43)19-23-15-29-26(16-25(23)20-8-9-20)31(33(40)38-4)32(45-29)21-10-12-24(36)13-11-21/h10-17,20,39H,8-9,18-19H2,1-7H3,(H,38,40). The minimum Gasteiger partial charge on any atom is -0.543 e. The molecule has 9 nitrogen and oxygen atoms in total. The molecule has 256 valence electrons. The van der Waals surface area contributed by atoms with Crippen LogP contribution in [0.1, 0.15) is 76.9 Å². The smallest absolute Gasteiger partial charge is 0.341 e. The molecule has 0 atom stereocenters. The van der Waals surface area contributed by atoms with E-state index in [1.54, 1.807) is 12.1 Å². The Kier molecular flexibility index (Phi) is 9.61. The van der Waals surface area contributed by atoms with Crippen molar-refractivity contribution in [3.05, 3.63) is 88.0 Å². The summed E-state index contributed by atoms with van der Waals surface area (Å²) >= 11 is 0. The van der Waals surface area contributed by atoms with E-state index < -0.39 is 54.1 Å². The van der Waals surface area contributed by atoms with Gasteiger partial charge in [-0.2, -0.15) is 0 Å². The fourth-order valence-corrected chi connectivity index (χ4v) is 7.38. The fourth-order valence-electron chi connectivity index (χ4n) is 5.22. The quantitative estimate of drug-likeness (QED) is 0.124. The Bertz CT molecular complexity index is 2000. The summed E-state index contributed by atoms with van der Waals surface area (Å²) in [6.45, 7) is 9.55. The van der Waals surface area contributed by atoms with E-state index in [-0.39, 0.29) is 39.2 Å². The molecular formula is C35H40F2N2O7SSi. The molecule has 1 fully saturated rings. The van der Waals surface area contributed by atoms with Crippen molar-refractivity contribution in [1.29, 1.82) is 0 Å². The molecule has 13 heteroatoms. The number of esters is 1. The van der Waals surface area contributed by atoms with Crippen molar-refractivity contribution in [1.82, 2.24) is 10.0 Å². The summed E-state index contributed by atoms with van der Waals surface area (Å²) in [7, 11) is -3.80. The number of hydrogen-bond donors (Lipinski definition) is 2. The van der Waals surface area contributed by atoms with Crippen molar-refractivity contribution in [2.75, 3.05) is 14.2 Å². The Morgan fingerprint density at radius 1 is 1.02 bits per heavy atom. The lowest BCUT2D eigenvalue weighted by atomic mass is 9.98. The van der Waals surface area contributed by atoms with Gasteiger partial charge in [0.1, 0.15) is 34.3 Å². The van der Waals surface area contributed by atoms with Gasteiger partial charge in [0.25, 0.3) is 14.2 Å². The van der Waals surface area contributed by atoms with Crippen molar-refractivity contribution in [2.45, 2.75) is 70.0 Å². The van der Waals surface area contributed by atoms with Crippen molar-refractivity contribution >= 4 is 41.2 Å². The van der Waals surface area contributed by atoms with E-state index in [0.29, 0.717) is 22.1 Å². The van der Waals surface area contributed by atoms with E-state index in [1.165, 1.54) is 44.5 Å². The van der Waals surface area contributed by atoms with Crippen LogP contribution in [-0.4, -0.2) is 42.8 Å². The van der Waals surface area contributed by atoms with Gasteiger partial charge in [0.05, 0.1) is 18.4 Å². The molecule has 0 radical (unpaired) electrons. The van der Waals surface area contributed by atoms with Gasteiger partial charge < -0.3 is 18.9 Å². The van der Waals surface area contributed by atoms with E-state index in [2.05, 4.69) is 10.0 Å². The number of rotatable bonds is 11. The highest BCUT2D eigenvalue weighted by molar-refractivity contribution is 7.88. The normalized spacial score (nSPS) is 13.9. The van der Waals surface area contributed by atoms with Gasteiger partial charge in [-0.15, -0.1) is 0 Å². The molecule has 4 aromatic rings. The van der Waals surface area contributed by atoms with E-state index in [9.17, 15) is 22.4 Å². The second-order valence-electron chi connectivity index (χ2n) is 13.6. The molecule has 1 saturated carbocycles. The van der Waals surface area contributed by atoms with Crippen LogP contribution in [-0.2, 0) is 27.1 Å². The number of methoxy groups -OCH3 is 1. The maximum absolute atomic E-state index is 15.4. The maximum atomic E-state index is 15.4. The highest BCUT2D eigenvalue weighted by Crippen LogP contribution is 2.45. The summed E-state index contributed by atoms with van der Waals surface area (Å²) in [5.74, 6) is -2.34. The predicted molar refractivity (Wildman–Crippen MR) is 182 cm³/mol. The number of hydrogen-bond acceptors (Lipinski definition) is 7. The molecule has 1 aromatic heterocycles. The van der Waals surface area contributed by atoms with Crippen LogP contribution in [0.3, 0.4) is 0 Å². The van der Waals surface area contributed by atoms with Crippen molar-refractivity contribution in [3.63, 3.8) is 0 Å². The molecule has 0 bridgehead atoms. The van der Waals surface area contributed by atoms with Crippen LogP contribution in [0.25, 0.3) is 22.3 Å². The number of carbonyl (C=O) groups excluding carboxylic acids is 2. The topological polar surface area (TPSA) is 124 Å². The number of sulfonamides is 1. The Labute approximate surface area is 280 Å². The summed E-state index contributed by atoms with van der Waals surface area (Å²) in [4.78, 5) is 25.7. The van der Waals surface area contributed by atoms with Crippen molar-refractivity contribution in [3.8, 4) is 17.1 Å². The van der Waals surface area contributed by atoms with Gasteiger partial charge in [0, 0.05) is 36.2 Å². The molecule has 1 aliphatic rings. The molecule has 0 saturated heterocycles. The van der Waals surface area contributed by atoms with Gasteiger partial charge in [0.2, 0.25) is 10.0 Å². The Morgan fingerprint density at radius 3 is 2.27 bits per heavy atom. The Morgan fingerprint density at radius 2 is 1.69 bits per heavy atom. The highest BCUT2D eigenvalue weighted by Gasteiger charge is 2.40. The molecule has 3 aromatic carbocycles. The molecule has 0 spiro atoms. The second-order valence-corrected chi connectivity index (χ2v) is 20.1. The second kappa shape index (κ2) is 13.1. The lowest BCUT2D eigenvalue weighted by Crippen LogP contribution is -2.44. The van der Waals surface area contributed by atoms with Gasteiger partial charge in [-0.1, -0.05) is 20.8 Å². The summed E-state index contributed by atoms with van der Waals surface area (Å²) in [5, 5.41) is 2.92. The minimum atomic E-state index is -4.04. The third-order valence-electron chi connectivity index (χ3n) is 9.08. The number of halogens is 2. The largest absolute Gasteiger partial charge is 0.543 e. The zero-order chi connectivity index (χ0) is 35.2. The van der Waals surface area contributed by atoms with Crippen LogP contribution < -0.4 is 14.5 Å². The molecule has 2 N–H and O–H groups in total. The van der Waals surface area contributed by atoms with Crippen LogP contribution >= 0.6 is 0 Å². The molecule has 1 aliphatic carbocycles. The Balaban J connectivity index is 1.46. The van der Waals surface area contributed by atoms with E-state index in [4.69, 9.17) is 13.6 Å². The molecule has 1 heterocycles. The van der Waals surface area contributed by atoms with Crippen molar-refractivity contribution in [2.24, 2.45) is 0 Å². The molecular weight excluding hydrogens is 659 g/mol. The predicted octanol–water partition coefficient (Wildman–Crippen LogP) is 7.41. The number of benzene rings is 3. The van der Waals surface area contributed by atoms with E-state index in [0.717, 1.165) is 24.5 Å². The first-order chi connectivity index (χ1) is 22.4. The van der Waals surface area contributed by atoms with E-state index in [1.807, 2.05) is 33.9 Å². The lowest BCUT2D eigenvalue weighted by Gasteiger charge is -2.37. The van der Waals surface area contributed by atoms with Crippen LogP contribution in [0.15, 0.2) is 52.9 Å². The molecule has 0 unspecified atom stereocenters. The van der Waals surface area contributed by atoms with Crippen molar-refractivity contribution < 1.29 is 40.4 Å². The summed E-state index contributed by atoms with van der Waals surface area (Å²) in [5.41, 5.74) is 2.26. The third kappa shape index (κ3) is 7.32. The zero-order valence-corrected chi connectivity index (χ0v) is 29.9. The monoisotopic (exact) mass is 698 g/mol. The molecule has 0 aliphatic heterocycles. The summed E-state index contributed by atoms with van der Waals surface area (Å²) in [6, 6.07) is 11.3. The zero-order valence-electron chi connectivity index (χ0n) is 28.0. The Hall–Kier alpha value is -4.07. The maximum Gasteiger partial charge on any atom is 0.341 e. The van der Waals surface area contributed by atoms with Crippen LogP contribution in [0.4, 0.5) is 8.78 Å². The van der Waals surface area contributed by atoms with Crippen LogP contribution in [0.2, 0.25) is 18.1 Å². The first kappa shape index (κ1) is 35.2. The fraction of sp³-hybridized carbons (Fsp3) is 0.371. The number of amides is 1. The SMILES string of the molecule is CNC(=O)c1c(-c2ccc(F)cc2)oc2cc(CS(=O)(=O)NCc3cc(C(=O)OC)c(O[Si](C)(C)C(C)(C)C)cc3F)c(C3CC3)cc12. The first-order valence-electron chi connectivity index (χ1n) is 15.6. The van der Waals surface area contributed by atoms with Gasteiger partial charge in [-0.3, -0.25) is 4.79 Å². The van der Waals surface area contributed by atoms with Gasteiger partial charge >= 0.3 is 5.97 Å². The van der Waals surface area contributed by atoms with Gasteiger partial charge in [0.15, 0.2) is 0 Å². The number of fused-ring (bicyclic) bond motifs is 1. The van der Waals surface area contributed by atoms with E-state index >= 15 is 4.39 Å². The first-order valence-corrected chi connectivity index (χ1v) is 20.1. The third-order valence-corrected chi connectivity index (χ3v) is 14.7. The molecule has 48 heavy (non-hydrogen) atoms. The number of nitrogens with one attached hydrogen (secondary N) is 2. The van der Waals surface area contributed by atoms with Gasteiger partial charge in [-0.05, 0) is 90.5 Å². The highest BCUT2D eigenvalue weighted by atomic mass is 32.2.